The molecule has 1 heterocycles. The third-order valence-corrected chi connectivity index (χ3v) is 7.53. The van der Waals surface area contributed by atoms with Crippen molar-refractivity contribution in [3.63, 3.8) is 0 Å². The SMILES string of the molecule is Cc1cc(C)c(S(=O)(=O)N2CCC[C@H](C(=O)Nc3ccccc3C)C2)c(C)c1. The molecule has 1 N–H and O–H groups in total. The van der Waals surface area contributed by atoms with Crippen LogP contribution in [0.3, 0.4) is 0 Å². The number of aryl methyl sites for hydroxylation is 4. The molecule has 5 nitrogen and oxygen atoms in total. The third-order valence-electron chi connectivity index (χ3n) is 5.36. The average molecular weight is 401 g/mol. The smallest absolute Gasteiger partial charge is 0.243 e. The van der Waals surface area contributed by atoms with Crippen LogP contribution in [0, 0.1) is 33.6 Å². The zero-order chi connectivity index (χ0) is 20.5. The molecule has 6 heteroatoms. The summed E-state index contributed by atoms with van der Waals surface area (Å²) in [6.07, 6.45) is 1.37. The molecular formula is C22H28N2O3S. The van der Waals surface area contributed by atoms with Gasteiger partial charge in [-0.15, -0.1) is 0 Å². The summed E-state index contributed by atoms with van der Waals surface area (Å²) in [7, 11) is -3.63. The number of benzene rings is 2. The van der Waals surface area contributed by atoms with Crippen molar-refractivity contribution >= 4 is 21.6 Å². The van der Waals surface area contributed by atoms with Crippen molar-refractivity contribution in [1.82, 2.24) is 4.31 Å². The van der Waals surface area contributed by atoms with E-state index in [9.17, 15) is 13.2 Å². The number of amides is 1. The van der Waals surface area contributed by atoms with Crippen LogP contribution in [0.1, 0.15) is 35.1 Å². The molecule has 0 aliphatic carbocycles. The standard InChI is InChI=1S/C22H28N2O3S/c1-15-12-17(3)21(18(4)13-15)28(26,27)24-11-7-9-19(14-24)22(25)23-20-10-6-5-8-16(20)2/h5-6,8,10,12-13,19H,7,9,11,14H2,1-4H3,(H,23,25)/t19-/m0/s1. The number of hydrogen-bond donors (Lipinski definition) is 1. The number of carbonyl (C=O) groups excluding carboxylic acids is 1. The van der Waals surface area contributed by atoms with Crippen molar-refractivity contribution in [3.8, 4) is 0 Å². The average Bonchev–Trinajstić information content (AvgIpc) is 2.62. The van der Waals surface area contributed by atoms with Crippen LogP contribution in [0.15, 0.2) is 41.3 Å². The molecule has 1 aliphatic heterocycles. The topological polar surface area (TPSA) is 66.5 Å². The van der Waals surface area contributed by atoms with E-state index in [4.69, 9.17) is 0 Å². The molecule has 2 aromatic rings. The highest BCUT2D eigenvalue weighted by molar-refractivity contribution is 7.89. The van der Waals surface area contributed by atoms with Gasteiger partial charge >= 0.3 is 0 Å². The Hall–Kier alpha value is -2.18. The number of hydrogen-bond acceptors (Lipinski definition) is 3. The first-order valence-corrected chi connectivity index (χ1v) is 11.1. The van der Waals surface area contributed by atoms with Gasteiger partial charge in [-0.25, -0.2) is 8.42 Å². The molecule has 0 bridgehead atoms. The first-order chi connectivity index (χ1) is 13.2. The molecule has 0 unspecified atom stereocenters. The molecule has 0 aromatic heterocycles. The molecule has 1 atom stereocenters. The van der Waals surface area contributed by atoms with Crippen LogP contribution in [0.4, 0.5) is 5.69 Å². The Morgan fingerprint density at radius 2 is 1.68 bits per heavy atom. The molecule has 1 saturated heterocycles. The van der Waals surface area contributed by atoms with Crippen molar-refractivity contribution in [2.45, 2.75) is 45.4 Å². The number of rotatable bonds is 4. The van der Waals surface area contributed by atoms with E-state index in [-0.39, 0.29) is 18.4 Å². The lowest BCUT2D eigenvalue weighted by atomic mass is 9.98. The number of sulfonamides is 1. The summed E-state index contributed by atoms with van der Waals surface area (Å²) in [6.45, 7) is 8.23. The van der Waals surface area contributed by atoms with Gasteiger partial charge in [-0.1, -0.05) is 35.9 Å². The molecule has 3 rings (SSSR count). The quantitative estimate of drug-likeness (QED) is 0.845. The van der Waals surface area contributed by atoms with Gasteiger partial charge in [-0.05, 0) is 63.3 Å². The van der Waals surface area contributed by atoms with E-state index in [0.717, 1.165) is 27.9 Å². The first kappa shape index (κ1) is 20.6. The van der Waals surface area contributed by atoms with Gasteiger partial charge in [0.1, 0.15) is 0 Å². The van der Waals surface area contributed by atoms with Crippen molar-refractivity contribution < 1.29 is 13.2 Å². The van der Waals surface area contributed by atoms with Gasteiger partial charge < -0.3 is 5.32 Å². The van der Waals surface area contributed by atoms with E-state index in [1.165, 1.54) is 4.31 Å². The molecule has 0 spiro atoms. The lowest BCUT2D eigenvalue weighted by Gasteiger charge is -2.32. The zero-order valence-electron chi connectivity index (χ0n) is 17.0. The van der Waals surface area contributed by atoms with Crippen molar-refractivity contribution in [1.29, 1.82) is 0 Å². The Morgan fingerprint density at radius 3 is 2.32 bits per heavy atom. The van der Waals surface area contributed by atoms with Crippen molar-refractivity contribution in [3.05, 3.63) is 58.7 Å². The number of anilines is 1. The molecular weight excluding hydrogens is 372 g/mol. The van der Waals surface area contributed by atoms with Crippen molar-refractivity contribution in [2.75, 3.05) is 18.4 Å². The highest BCUT2D eigenvalue weighted by Crippen LogP contribution is 2.29. The van der Waals surface area contributed by atoms with Crippen LogP contribution in [0.25, 0.3) is 0 Å². The third kappa shape index (κ3) is 4.13. The van der Waals surface area contributed by atoms with E-state index in [1.54, 1.807) is 0 Å². The Balaban J connectivity index is 1.81. The lowest BCUT2D eigenvalue weighted by Crippen LogP contribution is -2.44. The van der Waals surface area contributed by atoms with Crippen LogP contribution >= 0.6 is 0 Å². The van der Waals surface area contributed by atoms with Crippen molar-refractivity contribution in [2.24, 2.45) is 5.92 Å². The number of para-hydroxylation sites is 1. The number of piperidine rings is 1. The predicted octanol–water partition coefficient (Wildman–Crippen LogP) is 3.96. The summed E-state index contributed by atoms with van der Waals surface area (Å²) in [4.78, 5) is 13.1. The largest absolute Gasteiger partial charge is 0.326 e. The lowest BCUT2D eigenvalue weighted by molar-refractivity contribution is -0.120. The molecule has 28 heavy (non-hydrogen) atoms. The second kappa shape index (κ2) is 8.05. The van der Waals surface area contributed by atoms with Gasteiger partial charge in [0.2, 0.25) is 15.9 Å². The summed E-state index contributed by atoms with van der Waals surface area (Å²) in [5.41, 5.74) is 4.32. The monoisotopic (exact) mass is 400 g/mol. The fraction of sp³-hybridized carbons (Fsp3) is 0.409. The van der Waals surface area contributed by atoms with Crippen LogP contribution < -0.4 is 5.32 Å². The summed E-state index contributed by atoms with van der Waals surface area (Å²) in [5.74, 6) is -0.472. The Labute approximate surface area is 167 Å². The maximum absolute atomic E-state index is 13.3. The van der Waals surface area contributed by atoms with Gasteiger partial charge in [0.25, 0.3) is 0 Å². The first-order valence-electron chi connectivity index (χ1n) is 9.64. The number of nitrogens with one attached hydrogen (secondary N) is 1. The van der Waals surface area contributed by atoms with Gasteiger partial charge in [0, 0.05) is 18.8 Å². The summed E-state index contributed by atoms with van der Waals surface area (Å²) in [6, 6.07) is 11.4. The molecule has 1 aliphatic rings. The minimum absolute atomic E-state index is 0.119. The van der Waals surface area contributed by atoms with E-state index < -0.39 is 10.0 Å². The van der Waals surface area contributed by atoms with E-state index >= 15 is 0 Å². The molecule has 0 saturated carbocycles. The second-order valence-corrected chi connectivity index (χ2v) is 9.61. The van der Waals surface area contributed by atoms with Crippen LogP contribution in [-0.2, 0) is 14.8 Å². The van der Waals surface area contributed by atoms with Crippen LogP contribution in [0.2, 0.25) is 0 Å². The molecule has 150 valence electrons. The highest BCUT2D eigenvalue weighted by Gasteiger charge is 2.34. The van der Waals surface area contributed by atoms with E-state index in [0.29, 0.717) is 24.3 Å². The van der Waals surface area contributed by atoms with Crippen LogP contribution in [-0.4, -0.2) is 31.7 Å². The Morgan fingerprint density at radius 1 is 1.04 bits per heavy atom. The van der Waals surface area contributed by atoms with E-state index in [1.807, 2.05) is 64.1 Å². The minimum Gasteiger partial charge on any atom is -0.326 e. The Kier molecular flexibility index (Phi) is 5.91. The fourth-order valence-electron chi connectivity index (χ4n) is 4.03. The van der Waals surface area contributed by atoms with Gasteiger partial charge in [0.15, 0.2) is 0 Å². The maximum Gasteiger partial charge on any atom is 0.243 e. The normalized spacial score (nSPS) is 18.1. The highest BCUT2D eigenvalue weighted by atomic mass is 32.2. The predicted molar refractivity (Wildman–Crippen MR) is 112 cm³/mol. The molecule has 1 fully saturated rings. The minimum atomic E-state index is -3.63. The summed E-state index contributed by atoms with van der Waals surface area (Å²) >= 11 is 0. The summed E-state index contributed by atoms with van der Waals surface area (Å²) < 4.78 is 28.1. The number of nitrogens with zero attached hydrogens (tertiary/aromatic N) is 1. The molecule has 1 amide bonds. The van der Waals surface area contributed by atoms with Gasteiger partial charge in [-0.2, -0.15) is 4.31 Å². The maximum atomic E-state index is 13.3. The van der Waals surface area contributed by atoms with Gasteiger partial charge in [-0.3, -0.25) is 4.79 Å². The second-order valence-electron chi connectivity index (χ2n) is 7.73. The van der Waals surface area contributed by atoms with Crippen LogP contribution in [0.5, 0.6) is 0 Å². The number of carbonyl (C=O) groups is 1. The fourth-order valence-corrected chi connectivity index (χ4v) is 5.96. The Bertz CT molecular complexity index is 976. The zero-order valence-corrected chi connectivity index (χ0v) is 17.8. The summed E-state index contributed by atoms with van der Waals surface area (Å²) in [5, 5.41) is 2.96. The molecule has 0 radical (unpaired) electrons. The molecule has 2 aromatic carbocycles. The van der Waals surface area contributed by atoms with E-state index in [2.05, 4.69) is 5.32 Å². The van der Waals surface area contributed by atoms with Gasteiger partial charge in [0.05, 0.1) is 10.8 Å².